The number of nitrogens with one attached hydrogen (secondary N) is 3. The van der Waals surface area contributed by atoms with Crippen molar-refractivity contribution >= 4 is 35.5 Å². The number of hydrogen-bond acceptors (Lipinski definition) is 7. The molecule has 3 atom stereocenters. The summed E-state index contributed by atoms with van der Waals surface area (Å²) < 4.78 is 0. The Hall–Kier alpha value is -4.40. The number of carbonyl (C=O) groups excluding carboxylic acids is 4. The van der Waals surface area contributed by atoms with Crippen molar-refractivity contribution in [2.75, 3.05) is 19.6 Å². The van der Waals surface area contributed by atoms with Crippen molar-refractivity contribution in [3.63, 3.8) is 0 Å². The second-order valence-corrected chi connectivity index (χ2v) is 8.50. The third-order valence-electron chi connectivity index (χ3n) is 5.27. The van der Waals surface area contributed by atoms with E-state index in [1.165, 1.54) is 0 Å². The van der Waals surface area contributed by atoms with Gasteiger partial charge < -0.3 is 50.4 Å². The van der Waals surface area contributed by atoms with Gasteiger partial charge in [0.1, 0.15) is 12.1 Å². The van der Waals surface area contributed by atoms with E-state index < -0.39 is 48.3 Å². The molecule has 0 saturated heterocycles. The molecular weight excluding hydrogens is 494 g/mol. The maximum atomic E-state index is 12.8. The molecule has 38 heavy (non-hydrogen) atoms. The number of nitrogens with zero attached hydrogens (tertiary/aromatic N) is 2. The predicted molar refractivity (Wildman–Crippen MR) is 144 cm³/mol. The smallest absolute Gasteiger partial charge is 0.243 e. The van der Waals surface area contributed by atoms with Crippen LogP contribution in [0.15, 0.2) is 40.3 Å². The first-order valence-electron chi connectivity index (χ1n) is 12.1. The van der Waals surface area contributed by atoms with E-state index >= 15 is 0 Å². The van der Waals surface area contributed by atoms with Crippen LogP contribution < -0.4 is 50.4 Å². The molecule has 1 aromatic carbocycles. The van der Waals surface area contributed by atoms with Crippen LogP contribution in [-0.2, 0) is 25.6 Å². The molecule has 4 amide bonds. The Morgan fingerprint density at radius 1 is 0.763 bits per heavy atom. The van der Waals surface area contributed by atoms with Gasteiger partial charge in [0.25, 0.3) is 0 Å². The minimum atomic E-state index is -1.01. The summed E-state index contributed by atoms with van der Waals surface area (Å²) in [7, 11) is 0. The second-order valence-electron chi connectivity index (χ2n) is 8.50. The van der Waals surface area contributed by atoms with E-state index in [-0.39, 0.29) is 37.7 Å². The van der Waals surface area contributed by atoms with Crippen molar-refractivity contribution in [3.8, 4) is 0 Å². The van der Waals surface area contributed by atoms with Crippen LogP contribution in [0.25, 0.3) is 0 Å². The molecule has 0 aliphatic rings. The molecular formula is C23H39N11O4. The third kappa shape index (κ3) is 13.6. The van der Waals surface area contributed by atoms with E-state index in [1.54, 1.807) is 24.3 Å². The molecule has 0 saturated carbocycles. The average Bonchev–Trinajstić information content (AvgIpc) is 2.86. The van der Waals surface area contributed by atoms with Crippen LogP contribution in [0.2, 0.25) is 0 Å². The van der Waals surface area contributed by atoms with Crippen molar-refractivity contribution in [2.45, 2.75) is 50.2 Å². The van der Waals surface area contributed by atoms with Crippen molar-refractivity contribution in [3.05, 3.63) is 35.9 Å². The van der Waals surface area contributed by atoms with Crippen molar-refractivity contribution in [1.82, 2.24) is 16.0 Å². The first kappa shape index (κ1) is 31.6. The fourth-order valence-electron chi connectivity index (χ4n) is 3.31. The maximum absolute atomic E-state index is 12.8. The van der Waals surface area contributed by atoms with Crippen LogP contribution in [0.1, 0.15) is 31.2 Å². The average molecular weight is 534 g/mol. The predicted octanol–water partition coefficient (Wildman–Crippen LogP) is -3.77. The van der Waals surface area contributed by atoms with E-state index in [2.05, 4.69) is 25.9 Å². The largest absolute Gasteiger partial charge is 0.370 e. The molecule has 0 fully saturated rings. The number of carbonyl (C=O) groups is 4. The van der Waals surface area contributed by atoms with E-state index in [4.69, 9.17) is 34.4 Å². The molecule has 0 spiro atoms. The Kier molecular flexibility index (Phi) is 14.3. The van der Waals surface area contributed by atoms with Gasteiger partial charge in [-0.2, -0.15) is 0 Å². The van der Waals surface area contributed by atoms with Crippen molar-refractivity contribution < 1.29 is 19.2 Å². The number of hydrogen-bond donors (Lipinski definition) is 9. The standard InChI is InChI=1S/C23H39N11O4/c24-15(8-4-10-30-22(26)27)20(37)34-16(9-5-11-31-23(28)29)21(38)32-13-18(35)33-17(19(25)36)12-14-6-2-1-3-7-14/h1-3,6-7,15-17H,4-5,8-13,24H2,(H2,25,36)(H,32,38)(H,33,35)(H,34,37)(H4,26,27,30)(H4,28,29,31)/t15-,16-,17-/m0/s1. The molecule has 15 heteroatoms. The van der Waals surface area contributed by atoms with Crippen LogP contribution >= 0.6 is 0 Å². The molecule has 15 nitrogen and oxygen atoms in total. The SMILES string of the molecule is NC(=O)[C@H](Cc1ccccc1)NC(=O)CNC(=O)[C@H](CCCN=C(N)N)NC(=O)[C@@H](N)CCCN=C(N)N. The molecule has 1 rings (SSSR count). The van der Waals surface area contributed by atoms with Gasteiger partial charge in [-0.1, -0.05) is 30.3 Å². The minimum absolute atomic E-state index is 0.0632. The number of aliphatic imine (C=N–C) groups is 2. The number of nitrogens with two attached hydrogens (primary N) is 6. The molecule has 0 aliphatic carbocycles. The topological polar surface area (TPSA) is 285 Å². The molecule has 0 bridgehead atoms. The van der Waals surface area contributed by atoms with Gasteiger partial charge in [-0.3, -0.25) is 29.2 Å². The third-order valence-corrected chi connectivity index (χ3v) is 5.27. The Balaban J connectivity index is 2.70. The summed E-state index contributed by atoms with van der Waals surface area (Å²) in [5.74, 6) is -2.68. The summed E-state index contributed by atoms with van der Waals surface area (Å²) in [6.07, 6.45) is 1.47. The van der Waals surface area contributed by atoms with Gasteiger partial charge in [0.15, 0.2) is 11.9 Å². The Morgan fingerprint density at radius 3 is 1.89 bits per heavy atom. The van der Waals surface area contributed by atoms with Crippen molar-refractivity contribution in [2.24, 2.45) is 44.4 Å². The Labute approximate surface area is 221 Å². The fraction of sp³-hybridized carbons (Fsp3) is 0.478. The Morgan fingerprint density at radius 2 is 1.34 bits per heavy atom. The highest BCUT2D eigenvalue weighted by Gasteiger charge is 2.25. The second kappa shape index (κ2) is 17.1. The van der Waals surface area contributed by atoms with Crippen molar-refractivity contribution in [1.29, 1.82) is 0 Å². The van der Waals surface area contributed by atoms with Crippen LogP contribution in [0, 0.1) is 0 Å². The molecule has 0 aliphatic heterocycles. The van der Waals surface area contributed by atoms with Gasteiger partial charge in [0, 0.05) is 19.5 Å². The van der Waals surface area contributed by atoms with E-state index in [9.17, 15) is 19.2 Å². The molecule has 0 unspecified atom stereocenters. The van der Waals surface area contributed by atoms with Gasteiger partial charge in [-0.05, 0) is 31.2 Å². The summed E-state index contributed by atoms with van der Waals surface area (Å²) in [5, 5.41) is 7.56. The first-order chi connectivity index (χ1) is 18.0. The molecule has 210 valence electrons. The van der Waals surface area contributed by atoms with E-state index in [1.807, 2.05) is 6.07 Å². The Bertz CT molecular complexity index is 977. The normalized spacial score (nSPS) is 12.8. The lowest BCUT2D eigenvalue weighted by Gasteiger charge is -2.21. The number of amides is 4. The van der Waals surface area contributed by atoms with E-state index in [0.717, 1.165) is 5.56 Å². The number of benzene rings is 1. The quantitative estimate of drug-likeness (QED) is 0.0538. The number of primary amides is 1. The van der Waals surface area contributed by atoms with Crippen LogP contribution in [0.3, 0.4) is 0 Å². The van der Waals surface area contributed by atoms with Crippen LogP contribution in [0.5, 0.6) is 0 Å². The van der Waals surface area contributed by atoms with Crippen LogP contribution in [0.4, 0.5) is 0 Å². The van der Waals surface area contributed by atoms with Gasteiger partial charge >= 0.3 is 0 Å². The highest BCUT2D eigenvalue weighted by atomic mass is 16.2. The molecule has 15 N–H and O–H groups in total. The molecule has 0 heterocycles. The lowest BCUT2D eigenvalue weighted by molar-refractivity contribution is -0.131. The zero-order valence-corrected chi connectivity index (χ0v) is 21.3. The van der Waals surface area contributed by atoms with Gasteiger partial charge in [0.2, 0.25) is 23.6 Å². The maximum Gasteiger partial charge on any atom is 0.243 e. The van der Waals surface area contributed by atoms with Gasteiger partial charge in [-0.25, -0.2) is 0 Å². The minimum Gasteiger partial charge on any atom is -0.370 e. The van der Waals surface area contributed by atoms with Gasteiger partial charge in [-0.15, -0.1) is 0 Å². The van der Waals surface area contributed by atoms with E-state index in [0.29, 0.717) is 19.4 Å². The monoisotopic (exact) mass is 533 g/mol. The summed E-state index contributed by atoms with van der Waals surface area (Å²) >= 11 is 0. The molecule has 0 aromatic heterocycles. The summed E-state index contributed by atoms with van der Waals surface area (Å²) in [4.78, 5) is 57.3. The van der Waals surface area contributed by atoms with Gasteiger partial charge in [0.05, 0.1) is 12.6 Å². The zero-order valence-electron chi connectivity index (χ0n) is 21.3. The number of rotatable bonds is 17. The number of guanidine groups is 2. The highest BCUT2D eigenvalue weighted by Crippen LogP contribution is 2.04. The lowest BCUT2D eigenvalue weighted by atomic mass is 10.1. The zero-order chi connectivity index (χ0) is 28.5. The fourth-order valence-corrected chi connectivity index (χ4v) is 3.31. The molecule has 0 radical (unpaired) electrons. The highest BCUT2D eigenvalue weighted by molar-refractivity contribution is 5.93. The summed E-state index contributed by atoms with van der Waals surface area (Å²) in [6.45, 7) is 0.0898. The molecule has 1 aromatic rings. The first-order valence-corrected chi connectivity index (χ1v) is 12.1. The summed E-state index contributed by atoms with van der Waals surface area (Å²) in [6, 6.07) is 6.13. The summed E-state index contributed by atoms with van der Waals surface area (Å²) in [5.41, 5.74) is 33.3. The lowest BCUT2D eigenvalue weighted by Crippen LogP contribution is -2.54. The van der Waals surface area contributed by atoms with Crippen LogP contribution in [-0.4, -0.2) is 73.3 Å².